The van der Waals surface area contributed by atoms with Crippen molar-refractivity contribution in [2.24, 2.45) is 5.92 Å². The number of alkyl halides is 3. The lowest BCUT2D eigenvalue weighted by Gasteiger charge is -2.32. The molecule has 0 spiro atoms. The summed E-state index contributed by atoms with van der Waals surface area (Å²) >= 11 is 0.740. The fourth-order valence-electron chi connectivity index (χ4n) is 8.21. The Labute approximate surface area is 292 Å². The predicted molar refractivity (Wildman–Crippen MR) is 191 cm³/mol. The summed E-state index contributed by atoms with van der Waals surface area (Å²) in [5, 5.41) is 16.1. The number of hydrogen-bond donors (Lipinski definition) is 3. The quantitative estimate of drug-likeness (QED) is 0.182. The lowest BCUT2D eigenvalue weighted by atomic mass is 9.84. The number of benzene rings is 2. The molecule has 0 radical (unpaired) electrons. The van der Waals surface area contributed by atoms with Gasteiger partial charge >= 0.3 is 6.18 Å². The molecule has 3 aliphatic heterocycles. The van der Waals surface area contributed by atoms with E-state index in [4.69, 9.17) is 10.7 Å². The molecule has 50 heavy (non-hydrogen) atoms. The summed E-state index contributed by atoms with van der Waals surface area (Å²) < 4.78 is 78.8. The van der Waals surface area contributed by atoms with Crippen LogP contribution in [0.4, 0.5) is 32.8 Å². The fourth-order valence-corrected chi connectivity index (χ4v) is 9.16. The number of fused-ring (bicyclic) bond motifs is 2. The largest absolute Gasteiger partial charge is 0.417 e. The number of anilines is 2. The molecular weight excluding hydrogens is 670 g/mol. The highest BCUT2D eigenvalue weighted by Gasteiger charge is 2.45. The molecule has 266 valence electrons. The van der Waals surface area contributed by atoms with Crippen LogP contribution in [0.5, 0.6) is 0 Å². The molecule has 13 heteroatoms. The lowest BCUT2D eigenvalue weighted by molar-refractivity contribution is -0.137. The highest BCUT2D eigenvalue weighted by atomic mass is 32.1. The van der Waals surface area contributed by atoms with E-state index in [-0.39, 0.29) is 71.9 Å². The predicted octanol–water partition coefficient (Wildman–Crippen LogP) is 8.90. The molecule has 3 aliphatic rings. The summed E-state index contributed by atoms with van der Waals surface area (Å²) in [4.78, 5) is 12.0. The topological polar surface area (TPSA) is 103 Å². The number of nitriles is 1. The molecule has 2 aromatic heterocycles. The van der Waals surface area contributed by atoms with E-state index < -0.39 is 28.9 Å². The molecule has 0 amide bonds. The van der Waals surface area contributed by atoms with Crippen LogP contribution in [0.25, 0.3) is 37.7 Å². The molecular formula is C37H42F5N7S. The average molecular weight is 712 g/mol. The van der Waals surface area contributed by atoms with Crippen molar-refractivity contribution in [2.45, 2.75) is 77.4 Å². The van der Waals surface area contributed by atoms with Crippen LogP contribution < -0.4 is 16.4 Å². The maximum Gasteiger partial charge on any atom is 0.417 e. The van der Waals surface area contributed by atoms with E-state index in [0.29, 0.717) is 31.9 Å². The first-order chi connectivity index (χ1) is 23.9. The van der Waals surface area contributed by atoms with Gasteiger partial charge in [-0.05, 0) is 81.3 Å². The maximum absolute atomic E-state index is 17.3. The highest BCUT2D eigenvalue weighted by Crippen LogP contribution is 2.51. The second kappa shape index (κ2) is 14.0. The normalized spacial score (nSPS) is 19.4. The number of allylic oxidation sites excluding steroid dienone is 1. The van der Waals surface area contributed by atoms with E-state index in [2.05, 4.69) is 27.1 Å². The van der Waals surface area contributed by atoms with Gasteiger partial charge in [0.15, 0.2) is 5.82 Å². The first kappa shape index (κ1) is 35.9. The van der Waals surface area contributed by atoms with Crippen molar-refractivity contribution in [3.8, 4) is 17.2 Å². The number of nitrogens with zero attached hydrogens (tertiary/aromatic N) is 4. The number of rotatable bonds is 4. The first-order valence-electron chi connectivity index (χ1n) is 17.4. The Bertz CT molecular complexity index is 1990. The van der Waals surface area contributed by atoms with Gasteiger partial charge in [0.05, 0.1) is 21.2 Å². The Morgan fingerprint density at radius 3 is 2.50 bits per heavy atom. The van der Waals surface area contributed by atoms with Gasteiger partial charge < -0.3 is 16.4 Å². The molecule has 2 fully saturated rings. The van der Waals surface area contributed by atoms with E-state index in [0.717, 1.165) is 68.7 Å². The molecule has 0 bridgehead atoms. The standard InChI is InChI=1S/C35H36F5N7S.C2H6/c1-18-15-19(2)24-27-30(45-23(46-33(27)44-12-11-43-17-18)7-10-34-8-3-13-47(34)14-4-9-34)29(37)26(28(24)35(38,39)40)20-5-6-22(36)31-25(20)21(16-41)32(42)48-31;1-2/h5-6,18,43H,2-4,7-15,17,42H2,1H3,(H,44,45,46);1-2H3/t18-;/m1./s1. The van der Waals surface area contributed by atoms with Crippen molar-refractivity contribution in [3.05, 3.63) is 52.9 Å². The van der Waals surface area contributed by atoms with Gasteiger partial charge in [-0.25, -0.2) is 18.7 Å². The molecule has 4 aromatic rings. The van der Waals surface area contributed by atoms with Crippen LogP contribution in [0.2, 0.25) is 0 Å². The van der Waals surface area contributed by atoms with Crippen molar-refractivity contribution in [2.75, 3.05) is 43.8 Å². The van der Waals surface area contributed by atoms with Gasteiger partial charge in [-0.2, -0.15) is 18.4 Å². The van der Waals surface area contributed by atoms with Crippen LogP contribution in [0, 0.1) is 28.9 Å². The summed E-state index contributed by atoms with van der Waals surface area (Å²) in [5.41, 5.74) is 3.10. The third-order valence-corrected chi connectivity index (χ3v) is 11.3. The average Bonchev–Trinajstić information content (AvgIpc) is 3.76. The number of nitrogens with one attached hydrogen (secondary N) is 2. The summed E-state index contributed by atoms with van der Waals surface area (Å²) in [5.74, 6) is -1.63. The van der Waals surface area contributed by atoms with Crippen molar-refractivity contribution in [3.63, 3.8) is 0 Å². The number of hydrogen-bond acceptors (Lipinski definition) is 8. The summed E-state index contributed by atoms with van der Waals surface area (Å²) in [6, 6.07) is 3.97. The van der Waals surface area contributed by atoms with E-state index >= 15 is 22.0 Å². The van der Waals surface area contributed by atoms with E-state index in [1.165, 1.54) is 0 Å². The number of thiophene rings is 1. The van der Waals surface area contributed by atoms with Gasteiger partial charge in [-0.3, -0.25) is 4.90 Å². The lowest BCUT2D eigenvalue weighted by Crippen LogP contribution is -2.38. The maximum atomic E-state index is 17.3. The van der Waals surface area contributed by atoms with Crippen LogP contribution >= 0.6 is 11.3 Å². The number of aryl methyl sites for hydroxylation is 1. The number of nitrogens with two attached hydrogens (primary N) is 1. The number of halogens is 5. The molecule has 0 unspecified atom stereocenters. The van der Waals surface area contributed by atoms with Crippen molar-refractivity contribution in [1.29, 1.82) is 5.26 Å². The van der Waals surface area contributed by atoms with Crippen molar-refractivity contribution >= 4 is 48.7 Å². The minimum atomic E-state index is -5.08. The Morgan fingerprint density at radius 1 is 1.10 bits per heavy atom. The molecule has 4 N–H and O–H groups in total. The van der Waals surface area contributed by atoms with Gasteiger partial charge in [0.25, 0.3) is 0 Å². The summed E-state index contributed by atoms with van der Waals surface area (Å²) in [6.45, 7) is 13.5. The SMILES string of the molecule is C=C1C[C@@H](C)CNCCNc2nc(CCC34CCCN3CCC4)nc3c(F)c(-c4ccc(F)c5sc(N)c(C#N)c45)c(C(F)(F)F)c1c23.CC. The van der Waals surface area contributed by atoms with Gasteiger partial charge in [-0.15, -0.1) is 11.3 Å². The van der Waals surface area contributed by atoms with Gasteiger partial charge in [-0.1, -0.05) is 33.4 Å². The summed E-state index contributed by atoms with van der Waals surface area (Å²) in [7, 11) is 0. The van der Waals surface area contributed by atoms with E-state index in [1.54, 1.807) is 0 Å². The first-order valence-corrected chi connectivity index (χ1v) is 18.2. The van der Waals surface area contributed by atoms with Crippen LogP contribution in [0.3, 0.4) is 0 Å². The molecule has 2 saturated heterocycles. The summed E-state index contributed by atoms with van der Waals surface area (Å²) in [6.07, 6.45) is 0.588. The fraction of sp³-hybridized carbons (Fsp3) is 0.486. The van der Waals surface area contributed by atoms with Crippen LogP contribution in [0.15, 0.2) is 18.7 Å². The third kappa shape index (κ3) is 6.20. The van der Waals surface area contributed by atoms with Gasteiger partial charge in [0, 0.05) is 41.6 Å². The molecule has 2 aromatic carbocycles. The van der Waals surface area contributed by atoms with Crippen LogP contribution in [0.1, 0.15) is 81.8 Å². The second-order valence-corrected chi connectivity index (χ2v) is 14.4. The van der Waals surface area contributed by atoms with Gasteiger partial charge in [0.1, 0.15) is 34.0 Å². The van der Waals surface area contributed by atoms with E-state index in [1.807, 2.05) is 26.8 Å². The molecule has 0 saturated carbocycles. The number of aromatic nitrogens is 2. The zero-order valence-corrected chi connectivity index (χ0v) is 29.4. The monoisotopic (exact) mass is 711 g/mol. The zero-order valence-electron chi connectivity index (χ0n) is 28.6. The number of nitrogen functional groups attached to an aromatic ring is 1. The Balaban J connectivity index is 0.00000212. The van der Waals surface area contributed by atoms with Gasteiger partial charge in [0.2, 0.25) is 0 Å². The van der Waals surface area contributed by atoms with Crippen molar-refractivity contribution in [1.82, 2.24) is 20.2 Å². The molecule has 1 atom stereocenters. The Morgan fingerprint density at radius 2 is 1.82 bits per heavy atom. The Kier molecular flexibility index (Phi) is 10.1. The molecule has 7 nitrogen and oxygen atoms in total. The minimum absolute atomic E-state index is 0.0281. The van der Waals surface area contributed by atoms with Crippen LogP contribution in [-0.2, 0) is 12.6 Å². The molecule has 5 heterocycles. The third-order valence-electron chi connectivity index (χ3n) is 10.3. The van der Waals surface area contributed by atoms with Crippen LogP contribution in [-0.4, -0.2) is 53.1 Å². The second-order valence-electron chi connectivity index (χ2n) is 13.4. The minimum Gasteiger partial charge on any atom is -0.389 e. The van der Waals surface area contributed by atoms with Crippen molar-refractivity contribution < 1.29 is 22.0 Å². The Hall–Kier alpha value is -3.86. The highest BCUT2D eigenvalue weighted by molar-refractivity contribution is 7.23. The molecule has 7 rings (SSSR count). The molecule has 0 aliphatic carbocycles. The van der Waals surface area contributed by atoms with E-state index in [9.17, 15) is 5.26 Å². The smallest absolute Gasteiger partial charge is 0.389 e. The zero-order chi connectivity index (χ0) is 36.0.